The molecule has 9 nitrogen and oxygen atoms in total. The molecule has 0 bridgehead atoms. The molecule has 31 heavy (non-hydrogen) atoms. The lowest BCUT2D eigenvalue weighted by Gasteiger charge is -2.19. The van der Waals surface area contributed by atoms with Crippen LogP contribution < -0.4 is 16.9 Å². The van der Waals surface area contributed by atoms with Crippen molar-refractivity contribution in [2.24, 2.45) is 16.7 Å². The number of halogens is 1. The third-order valence-corrected chi connectivity index (χ3v) is 4.09. The normalized spacial score (nSPS) is 11.9. The van der Waals surface area contributed by atoms with Gasteiger partial charge in [-0.2, -0.15) is 10.1 Å². The Morgan fingerprint density at radius 2 is 1.94 bits per heavy atom. The first-order valence-electron chi connectivity index (χ1n) is 9.40. The molecule has 0 saturated heterocycles. The number of hydrazone groups is 1. The highest BCUT2D eigenvalue weighted by molar-refractivity contribution is 5.97. The molecule has 0 aliphatic heterocycles. The minimum atomic E-state index is -0.588. The first-order chi connectivity index (χ1) is 14.6. The molecule has 3 aromatic rings. The largest absolute Gasteiger partial charge is 0.444 e. The Morgan fingerprint density at radius 3 is 2.55 bits per heavy atom. The summed E-state index contributed by atoms with van der Waals surface area (Å²) in [5.74, 6) is 5.25. The number of carbonyl (C=O) groups excluding carboxylic acids is 1. The van der Waals surface area contributed by atoms with E-state index in [2.05, 4.69) is 20.6 Å². The highest BCUT2D eigenvalue weighted by atomic mass is 19.1. The van der Waals surface area contributed by atoms with E-state index < -0.39 is 17.5 Å². The maximum Gasteiger partial charge on any atom is 0.412 e. The van der Waals surface area contributed by atoms with Gasteiger partial charge in [0.1, 0.15) is 17.3 Å². The minimum Gasteiger partial charge on any atom is -0.444 e. The summed E-state index contributed by atoms with van der Waals surface area (Å²) < 4.78 is 24.8. The van der Waals surface area contributed by atoms with Gasteiger partial charge in [-0.25, -0.2) is 9.18 Å². The molecule has 3 rings (SSSR count). The van der Waals surface area contributed by atoms with Gasteiger partial charge in [0.05, 0.1) is 6.42 Å². The molecule has 10 heteroatoms. The van der Waals surface area contributed by atoms with E-state index in [1.54, 1.807) is 57.2 Å². The summed E-state index contributed by atoms with van der Waals surface area (Å²) in [6.07, 6.45) is -0.438. The van der Waals surface area contributed by atoms with Gasteiger partial charge >= 0.3 is 6.09 Å². The fourth-order valence-corrected chi connectivity index (χ4v) is 2.66. The molecule has 5 N–H and O–H groups in total. The van der Waals surface area contributed by atoms with Crippen LogP contribution in [0.25, 0.3) is 11.4 Å². The van der Waals surface area contributed by atoms with Gasteiger partial charge in [-0.3, -0.25) is 5.32 Å². The number of nitrogens with one attached hydrogen (secondary N) is 1. The maximum absolute atomic E-state index is 14.3. The summed E-state index contributed by atoms with van der Waals surface area (Å²) in [6, 6.07) is 11.3. The standard InChI is InChI=1S/C21H23FN6O3/c1-21(2,3)30-20(29)25-15-8-6-12(7-9-15)19-26-17(31-28-19)11-13-4-5-14(10-16(13)22)18(23)27-24/h4-10H,11,24H2,1-3H3,(H2,23,27)(H,25,29). The fraction of sp³-hybridized carbons (Fsp3) is 0.238. The van der Waals surface area contributed by atoms with Crippen LogP contribution in [0.5, 0.6) is 0 Å². The molecule has 0 radical (unpaired) electrons. The van der Waals surface area contributed by atoms with E-state index in [1.807, 2.05) is 0 Å². The summed E-state index contributed by atoms with van der Waals surface area (Å²) in [5, 5.41) is 9.92. The number of rotatable bonds is 5. The van der Waals surface area contributed by atoms with Crippen molar-refractivity contribution in [3.05, 3.63) is 65.3 Å². The van der Waals surface area contributed by atoms with E-state index in [0.29, 0.717) is 28.2 Å². The fourth-order valence-electron chi connectivity index (χ4n) is 2.66. The van der Waals surface area contributed by atoms with Crippen LogP contribution in [0.4, 0.5) is 14.9 Å². The molecule has 2 aromatic carbocycles. The minimum absolute atomic E-state index is 0.0372. The maximum atomic E-state index is 14.3. The van der Waals surface area contributed by atoms with E-state index in [9.17, 15) is 9.18 Å². The SMILES string of the molecule is CC(C)(C)OC(=O)Nc1ccc(-c2noc(Cc3ccc(/C(N)=N/N)cc3F)n2)cc1. The average Bonchev–Trinajstić information content (AvgIpc) is 3.16. The van der Waals surface area contributed by atoms with Gasteiger partial charge in [0.2, 0.25) is 11.7 Å². The summed E-state index contributed by atoms with van der Waals surface area (Å²) in [7, 11) is 0. The predicted octanol–water partition coefficient (Wildman–Crippen LogP) is 3.39. The van der Waals surface area contributed by atoms with Crippen molar-refractivity contribution in [3.8, 4) is 11.4 Å². The van der Waals surface area contributed by atoms with E-state index >= 15 is 0 Å². The number of carbonyl (C=O) groups is 1. The molecule has 0 fully saturated rings. The Labute approximate surface area is 178 Å². The highest BCUT2D eigenvalue weighted by Crippen LogP contribution is 2.21. The van der Waals surface area contributed by atoms with E-state index in [-0.39, 0.29) is 18.1 Å². The zero-order chi connectivity index (χ0) is 22.6. The second-order valence-electron chi connectivity index (χ2n) is 7.71. The Balaban J connectivity index is 1.68. The quantitative estimate of drug-likeness (QED) is 0.246. The van der Waals surface area contributed by atoms with Gasteiger partial charge in [0.15, 0.2) is 0 Å². The number of nitrogens with two attached hydrogens (primary N) is 2. The Bertz CT molecular complexity index is 1100. The third kappa shape index (κ3) is 5.78. The Morgan fingerprint density at radius 1 is 1.23 bits per heavy atom. The lowest BCUT2D eigenvalue weighted by Crippen LogP contribution is -2.27. The van der Waals surface area contributed by atoms with E-state index in [1.165, 1.54) is 6.07 Å². The smallest absolute Gasteiger partial charge is 0.412 e. The van der Waals surface area contributed by atoms with E-state index in [4.69, 9.17) is 20.8 Å². The van der Waals surface area contributed by atoms with Crippen molar-refractivity contribution < 1.29 is 18.4 Å². The number of aromatic nitrogens is 2. The molecular formula is C21H23FN6O3. The van der Waals surface area contributed by atoms with Crippen LogP contribution in [0.2, 0.25) is 0 Å². The van der Waals surface area contributed by atoms with Gasteiger partial charge in [-0.15, -0.1) is 0 Å². The van der Waals surface area contributed by atoms with Crippen molar-refractivity contribution >= 4 is 17.6 Å². The van der Waals surface area contributed by atoms with Gasteiger partial charge < -0.3 is 20.8 Å². The second-order valence-corrected chi connectivity index (χ2v) is 7.71. The summed E-state index contributed by atoms with van der Waals surface area (Å²) in [4.78, 5) is 16.1. The van der Waals surface area contributed by atoms with E-state index in [0.717, 1.165) is 0 Å². The molecular weight excluding hydrogens is 403 g/mol. The number of nitrogens with zero attached hydrogens (tertiary/aromatic N) is 3. The Hall–Kier alpha value is -3.95. The lowest BCUT2D eigenvalue weighted by molar-refractivity contribution is 0.0636. The van der Waals surface area contributed by atoms with Gasteiger partial charge in [0, 0.05) is 16.8 Å². The molecule has 0 aliphatic carbocycles. The van der Waals surface area contributed by atoms with Crippen molar-refractivity contribution in [2.45, 2.75) is 32.8 Å². The molecule has 1 aromatic heterocycles. The molecule has 1 heterocycles. The molecule has 0 saturated carbocycles. The van der Waals surface area contributed by atoms with Crippen molar-refractivity contribution in [1.82, 2.24) is 10.1 Å². The van der Waals surface area contributed by atoms with Crippen LogP contribution in [0.15, 0.2) is 52.1 Å². The predicted molar refractivity (Wildman–Crippen MR) is 114 cm³/mol. The summed E-state index contributed by atoms with van der Waals surface area (Å²) in [5.41, 5.74) is 6.98. The van der Waals surface area contributed by atoms with Gasteiger partial charge in [-0.05, 0) is 56.7 Å². The molecule has 162 valence electrons. The average molecular weight is 426 g/mol. The third-order valence-electron chi connectivity index (χ3n) is 4.09. The van der Waals surface area contributed by atoms with Crippen molar-refractivity contribution in [2.75, 3.05) is 5.32 Å². The zero-order valence-corrected chi connectivity index (χ0v) is 17.3. The molecule has 0 unspecified atom stereocenters. The van der Waals surface area contributed by atoms with Gasteiger partial charge in [0.25, 0.3) is 0 Å². The van der Waals surface area contributed by atoms with Crippen molar-refractivity contribution in [1.29, 1.82) is 0 Å². The number of hydrogen-bond donors (Lipinski definition) is 3. The second kappa shape index (κ2) is 8.82. The number of amidine groups is 1. The first-order valence-corrected chi connectivity index (χ1v) is 9.40. The molecule has 1 amide bonds. The molecule has 0 spiro atoms. The number of amides is 1. The number of anilines is 1. The van der Waals surface area contributed by atoms with Crippen LogP contribution in [-0.2, 0) is 11.2 Å². The summed E-state index contributed by atoms with van der Waals surface area (Å²) >= 11 is 0. The van der Waals surface area contributed by atoms with Crippen LogP contribution in [-0.4, -0.2) is 27.7 Å². The highest BCUT2D eigenvalue weighted by Gasteiger charge is 2.17. The van der Waals surface area contributed by atoms with Crippen LogP contribution in [0.3, 0.4) is 0 Å². The van der Waals surface area contributed by atoms with Crippen molar-refractivity contribution in [3.63, 3.8) is 0 Å². The monoisotopic (exact) mass is 426 g/mol. The molecule has 0 aliphatic rings. The van der Waals surface area contributed by atoms with Gasteiger partial charge in [-0.1, -0.05) is 17.3 Å². The Kier molecular flexibility index (Phi) is 6.19. The summed E-state index contributed by atoms with van der Waals surface area (Å²) in [6.45, 7) is 5.36. The topological polar surface area (TPSA) is 142 Å². The molecule has 0 atom stereocenters. The van der Waals surface area contributed by atoms with Crippen LogP contribution in [0, 0.1) is 5.82 Å². The zero-order valence-electron chi connectivity index (χ0n) is 17.3. The number of ether oxygens (including phenoxy) is 1. The number of benzene rings is 2. The lowest BCUT2D eigenvalue weighted by atomic mass is 10.1. The first kappa shape index (κ1) is 21.8. The van der Waals surface area contributed by atoms with Crippen LogP contribution >= 0.6 is 0 Å². The number of hydrogen-bond acceptors (Lipinski definition) is 7. The van der Waals surface area contributed by atoms with Crippen LogP contribution in [0.1, 0.15) is 37.8 Å².